The first-order valence-corrected chi connectivity index (χ1v) is 9.36. The predicted octanol–water partition coefficient (Wildman–Crippen LogP) is 2.77. The Labute approximate surface area is 138 Å². The number of rotatable bonds is 5. The van der Waals surface area contributed by atoms with Crippen LogP contribution in [-0.4, -0.2) is 35.0 Å². The normalized spacial score (nSPS) is 18.1. The maximum Gasteiger partial charge on any atom is 0.227 e. The summed E-state index contributed by atoms with van der Waals surface area (Å²) in [4.78, 5) is 17.5. The largest absolute Gasteiger partial charge is 0.312 e. The Morgan fingerprint density at radius 2 is 2.23 bits per heavy atom. The molecule has 2 aromatic rings. The van der Waals surface area contributed by atoms with Crippen molar-refractivity contribution in [2.24, 2.45) is 0 Å². The van der Waals surface area contributed by atoms with Crippen LogP contribution in [0.3, 0.4) is 0 Å². The molecule has 116 valence electrons. The van der Waals surface area contributed by atoms with Crippen LogP contribution in [0.15, 0.2) is 36.5 Å². The molecule has 2 heterocycles. The summed E-state index contributed by atoms with van der Waals surface area (Å²) in [6, 6.07) is 10.6. The van der Waals surface area contributed by atoms with Gasteiger partial charge in [0.05, 0.1) is 0 Å². The van der Waals surface area contributed by atoms with E-state index in [2.05, 4.69) is 27.8 Å². The fourth-order valence-electron chi connectivity index (χ4n) is 2.39. The number of thiazole rings is 1. The molecule has 0 bridgehead atoms. The Morgan fingerprint density at radius 1 is 1.36 bits per heavy atom. The molecular weight excluding hydrogens is 314 g/mol. The number of aromatic nitrogens is 1. The molecule has 1 aromatic carbocycles. The highest BCUT2D eigenvalue weighted by Crippen LogP contribution is 2.21. The summed E-state index contributed by atoms with van der Waals surface area (Å²) >= 11 is 3.45. The number of nitrogens with one attached hydrogen (secondary N) is 2. The van der Waals surface area contributed by atoms with Crippen LogP contribution in [0.1, 0.15) is 16.9 Å². The molecule has 1 saturated heterocycles. The third kappa shape index (κ3) is 4.56. The third-order valence-corrected chi connectivity index (χ3v) is 5.49. The van der Waals surface area contributed by atoms with Gasteiger partial charge in [-0.1, -0.05) is 30.3 Å². The molecule has 2 N–H and O–H groups in total. The quantitative estimate of drug-likeness (QED) is 0.883. The van der Waals surface area contributed by atoms with E-state index in [4.69, 9.17) is 0 Å². The predicted molar refractivity (Wildman–Crippen MR) is 93.7 cm³/mol. The van der Waals surface area contributed by atoms with E-state index in [1.54, 1.807) is 11.3 Å². The number of anilines is 1. The molecule has 0 aliphatic carbocycles. The van der Waals surface area contributed by atoms with Crippen LogP contribution in [0.4, 0.5) is 5.13 Å². The van der Waals surface area contributed by atoms with E-state index in [0.717, 1.165) is 29.3 Å². The second-order valence-corrected chi connectivity index (χ2v) is 7.54. The number of carbonyl (C=O) groups is 1. The lowest BCUT2D eigenvalue weighted by atomic mass is 10.1. The minimum Gasteiger partial charge on any atom is -0.312 e. The standard InChI is InChI=1S/C16H19N3OS2/c20-15(9-13-11-21-7-6-17-13)19-16-18-10-14(22-16)8-12-4-2-1-3-5-12/h1-5,10,13,17H,6-9,11H2,(H,18,19,20). The van der Waals surface area contributed by atoms with E-state index < -0.39 is 0 Å². The van der Waals surface area contributed by atoms with Crippen molar-refractivity contribution in [2.45, 2.75) is 18.9 Å². The van der Waals surface area contributed by atoms with E-state index in [-0.39, 0.29) is 11.9 Å². The molecule has 1 aromatic heterocycles. The molecule has 1 atom stereocenters. The Balaban J connectivity index is 1.51. The lowest BCUT2D eigenvalue weighted by molar-refractivity contribution is -0.116. The maximum absolute atomic E-state index is 12.1. The molecule has 6 heteroatoms. The summed E-state index contributed by atoms with van der Waals surface area (Å²) in [5, 5.41) is 6.98. The number of thioether (sulfide) groups is 1. The molecule has 1 aliphatic rings. The van der Waals surface area contributed by atoms with Crippen molar-refractivity contribution < 1.29 is 4.79 Å². The lowest BCUT2D eigenvalue weighted by Gasteiger charge is -2.22. The number of hydrogen-bond acceptors (Lipinski definition) is 5. The summed E-state index contributed by atoms with van der Waals surface area (Å²) in [6.07, 6.45) is 3.22. The van der Waals surface area contributed by atoms with Crippen LogP contribution in [0.25, 0.3) is 0 Å². The average Bonchev–Trinajstić information content (AvgIpc) is 2.96. The van der Waals surface area contributed by atoms with Gasteiger partial charge in [0, 0.05) is 48.0 Å². The third-order valence-electron chi connectivity index (χ3n) is 3.45. The molecule has 1 fully saturated rings. The van der Waals surface area contributed by atoms with Gasteiger partial charge in [0.25, 0.3) is 0 Å². The minimum atomic E-state index is 0.0422. The zero-order valence-corrected chi connectivity index (χ0v) is 13.9. The Kier molecular flexibility index (Phi) is 5.48. The summed E-state index contributed by atoms with van der Waals surface area (Å²) in [6.45, 7) is 0.987. The van der Waals surface area contributed by atoms with Crippen molar-refractivity contribution in [3.63, 3.8) is 0 Å². The second kappa shape index (κ2) is 7.76. The molecular formula is C16H19N3OS2. The van der Waals surface area contributed by atoms with Gasteiger partial charge in [-0.3, -0.25) is 4.79 Å². The van der Waals surface area contributed by atoms with Crippen LogP contribution in [0, 0.1) is 0 Å². The molecule has 1 amide bonds. The summed E-state index contributed by atoms with van der Waals surface area (Å²) in [5.41, 5.74) is 1.26. The van der Waals surface area contributed by atoms with E-state index >= 15 is 0 Å². The number of amides is 1. The van der Waals surface area contributed by atoms with Gasteiger partial charge < -0.3 is 10.6 Å². The van der Waals surface area contributed by atoms with Crippen LogP contribution in [-0.2, 0) is 11.2 Å². The van der Waals surface area contributed by atoms with Gasteiger partial charge in [-0.15, -0.1) is 11.3 Å². The first kappa shape index (κ1) is 15.5. The minimum absolute atomic E-state index is 0.0422. The fourth-order valence-corrected chi connectivity index (χ4v) is 4.20. The lowest BCUT2D eigenvalue weighted by Crippen LogP contribution is -2.39. The van der Waals surface area contributed by atoms with Crippen molar-refractivity contribution in [3.8, 4) is 0 Å². The summed E-state index contributed by atoms with van der Waals surface area (Å²) in [7, 11) is 0. The smallest absolute Gasteiger partial charge is 0.227 e. The first-order chi connectivity index (χ1) is 10.8. The van der Waals surface area contributed by atoms with Crippen LogP contribution in [0.5, 0.6) is 0 Å². The van der Waals surface area contributed by atoms with E-state index in [1.807, 2.05) is 36.2 Å². The van der Waals surface area contributed by atoms with Crippen LogP contribution in [0.2, 0.25) is 0 Å². The Hall–Kier alpha value is -1.37. The van der Waals surface area contributed by atoms with Crippen LogP contribution < -0.4 is 10.6 Å². The monoisotopic (exact) mass is 333 g/mol. The highest BCUT2D eigenvalue weighted by molar-refractivity contribution is 7.99. The van der Waals surface area contributed by atoms with Crippen molar-refractivity contribution in [1.29, 1.82) is 0 Å². The van der Waals surface area contributed by atoms with E-state index in [0.29, 0.717) is 11.6 Å². The highest BCUT2D eigenvalue weighted by Gasteiger charge is 2.17. The van der Waals surface area contributed by atoms with E-state index in [9.17, 15) is 4.79 Å². The Bertz CT molecular complexity index is 609. The van der Waals surface area contributed by atoms with E-state index in [1.165, 1.54) is 5.56 Å². The van der Waals surface area contributed by atoms with Gasteiger partial charge in [-0.25, -0.2) is 4.98 Å². The molecule has 4 nitrogen and oxygen atoms in total. The van der Waals surface area contributed by atoms with Gasteiger partial charge in [-0.05, 0) is 5.56 Å². The van der Waals surface area contributed by atoms with Crippen molar-refractivity contribution >= 4 is 34.1 Å². The zero-order valence-electron chi connectivity index (χ0n) is 12.2. The molecule has 1 aliphatic heterocycles. The number of benzene rings is 1. The topological polar surface area (TPSA) is 54.0 Å². The van der Waals surface area contributed by atoms with Crippen molar-refractivity contribution in [3.05, 3.63) is 47.0 Å². The van der Waals surface area contributed by atoms with Crippen molar-refractivity contribution in [1.82, 2.24) is 10.3 Å². The van der Waals surface area contributed by atoms with Gasteiger partial charge >= 0.3 is 0 Å². The molecule has 0 radical (unpaired) electrons. The highest BCUT2D eigenvalue weighted by atomic mass is 32.2. The average molecular weight is 333 g/mol. The van der Waals surface area contributed by atoms with Crippen molar-refractivity contribution in [2.75, 3.05) is 23.4 Å². The zero-order chi connectivity index (χ0) is 15.2. The molecule has 0 spiro atoms. The van der Waals surface area contributed by atoms with Crippen LogP contribution >= 0.6 is 23.1 Å². The second-order valence-electron chi connectivity index (χ2n) is 5.27. The SMILES string of the molecule is O=C(CC1CSCCN1)Nc1ncc(Cc2ccccc2)s1. The summed E-state index contributed by atoms with van der Waals surface area (Å²) < 4.78 is 0. The van der Waals surface area contributed by atoms with Gasteiger partial charge in [0.1, 0.15) is 0 Å². The van der Waals surface area contributed by atoms with Gasteiger partial charge in [0.15, 0.2) is 5.13 Å². The molecule has 0 saturated carbocycles. The maximum atomic E-state index is 12.1. The molecule has 1 unspecified atom stereocenters. The first-order valence-electron chi connectivity index (χ1n) is 7.39. The number of hydrogen-bond donors (Lipinski definition) is 2. The Morgan fingerprint density at radius 3 is 3.00 bits per heavy atom. The van der Waals surface area contributed by atoms with Gasteiger partial charge in [0.2, 0.25) is 5.91 Å². The van der Waals surface area contributed by atoms with Gasteiger partial charge in [-0.2, -0.15) is 11.8 Å². The molecule has 3 rings (SSSR count). The number of carbonyl (C=O) groups excluding carboxylic acids is 1. The summed E-state index contributed by atoms with van der Waals surface area (Å²) in [5.74, 6) is 2.18. The fraction of sp³-hybridized carbons (Fsp3) is 0.375. The number of nitrogens with zero attached hydrogens (tertiary/aromatic N) is 1. The molecule has 22 heavy (non-hydrogen) atoms.